The van der Waals surface area contributed by atoms with Crippen molar-refractivity contribution < 1.29 is 28.2 Å². The number of alkyl halides is 1. The molecule has 4 aromatic rings. The molecule has 1 aromatic carbocycles. The maximum absolute atomic E-state index is 15.6. The van der Waals surface area contributed by atoms with E-state index in [4.69, 9.17) is 9.47 Å². The zero-order valence-electron chi connectivity index (χ0n) is 17.8. The van der Waals surface area contributed by atoms with E-state index in [1.165, 1.54) is 13.2 Å². The Balaban J connectivity index is 1.87. The third kappa shape index (κ3) is 3.70. The highest BCUT2D eigenvalue weighted by atomic mass is 19.1. The smallest absolute Gasteiger partial charge is 0.306 e. The summed E-state index contributed by atoms with van der Waals surface area (Å²) in [6.45, 7) is 1.01. The van der Waals surface area contributed by atoms with Gasteiger partial charge in [0.05, 0.1) is 30.8 Å². The molecule has 0 saturated carbocycles. The molecule has 0 radical (unpaired) electrons. The number of ether oxygens (including phenoxy) is 2. The summed E-state index contributed by atoms with van der Waals surface area (Å²) >= 11 is 0. The number of aliphatic carboxylic acids is 1. The molecular formula is C23H22F2N4O4. The van der Waals surface area contributed by atoms with Crippen LogP contribution in [0.1, 0.15) is 42.6 Å². The molecule has 10 heteroatoms. The van der Waals surface area contributed by atoms with E-state index < -0.39 is 24.4 Å². The molecule has 0 spiro atoms. The molecular weight excluding hydrogens is 434 g/mol. The van der Waals surface area contributed by atoms with Gasteiger partial charge >= 0.3 is 5.97 Å². The molecule has 1 aliphatic heterocycles. The van der Waals surface area contributed by atoms with Crippen molar-refractivity contribution in [2.45, 2.75) is 31.4 Å². The third-order valence-corrected chi connectivity index (χ3v) is 6.09. The molecule has 1 fully saturated rings. The first-order valence-corrected chi connectivity index (χ1v) is 10.6. The van der Waals surface area contributed by atoms with Crippen LogP contribution in [0, 0.1) is 5.82 Å². The Hall–Kier alpha value is -3.53. The van der Waals surface area contributed by atoms with Gasteiger partial charge in [-0.1, -0.05) is 0 Å². The minimum Gasteiger partial charge on any atom is -0.494 e. The Morgan fingerprint density at radius 2 is 2.15 bits per heavy atom. The minimum atomic E-state index is -1.78. The van der Waals surface area contributed by atoms with Crippen LogP contribution in [-0.4, -0.2) is 51.1 Å². The topological polar surface area (TPSA) is 102 Å². The number of fused-ring (bicyclic) bond motifs is 2. The first kappa shape index (κ1) is 21.3. The second-order valence-corrected chi connectivity index (χ2v) is 8.07. The average molecular weight is 456 g/mol. The van der Waals surface area contributed by atoms with Crippen molar-refractivity contribution in [3.05, 3.63) is 47.5 Å². The van der Waals surface area contributed by atoms with E-state index in [0.717, 1.165) is 0 Å². The second-order valence-electron chi connectivity index (χ2n) is 8.07. The van der Waals surface area contributed by atoms with Crippen molar-refractivity contribution in [1.29, 1.82) is 0 Å². The number of methoxy groups -OCH3 is 1. The van der Waals surface area contributed by atoms with E-state index in [0.29, 0.717) is 59.5 Å². The van der Waals surface area contributed by atoms with Crippen molar-refractivity contribution in [2.24, 2.45) is 0 Å². The Morgan fingerprint density at radius 3 is 2.88 bits per heavy atom. The number of pyridine rings is 1. The molecule has 0 unspecified atom stereocenters. The number of halogens is 2. The Kier molecular flexibility index (Phi) is 5.45. The lowest BCUT2D eigenvalue weighted by molar-refractivity contribution is -0.138. The monoisotopic (exact) mass is 456 g/mol. The number of hydrogen-bond donors (Lipinski definition) is 2. The van der Waals surface area contributed by atoms with Crippen molar-refractivity contribution >= 4 is 28.0 Å². The van der Waals surface area contributed by atoms with E-state index in [-0.39, 0.29) is 17.2 Å². The number of carbonyl (C=O) groups is 1. The van der Waals surface area contributed by atoms with Crippen LogP contribution in [0.3, 0.4) is 0 Å². The fraction of sp³-hybridized carbons (Fsp3) is 0.348. The van der Waals surface area contributed by atoms with Crippen LogP contribution in [0.4, 0.5) is 8.78 Å². The van der Waals surface area contributed by atoms with Crippen LogP contribution < -0.4 is 4.74 Å². The SMILES string of the molecule is COc1cc(-n2c(C3CCOCC3)c([C@@H](F)CC(=O)O)c3nc4[nH]ncc4cc32)ccc1F. The van der Waals surface area contributed by atoms with Crippen LogP contribution in [0.2, 0.25) is 0 Å². The van der Waals surface area contributed by atoms with Crippen LogP contribution in [0.25, 0.3) is 27.8 Å². The number of rotatable bonds is 6. The van der Waals surface area contributed by atoms with Crippen molar-refractivity contribution in [2.75, 3.05) is 20.3 Å². The molecule has 33 heavy (non-hydrogen) atoms. The van der Waals surface area contributed by atoms with E-state index in [1.807, 2.05) is 10.6 Å². The molecule has 1 atom stereocenters. The Bertz CT molecular complexity index is 1340. The standard InChI is InChI=1S/C23H22F2N4O4/c1-32-18-9-14(2-3-15(18)24)29-17-8-13-11-26-28-23(13)27-21(17)20(16(25)10-19(30)31)22(29)12-4-6-33-7-5-12/h2-3,8-9,11-12,16H,4-7,10H2,1H3,(H,30,31)(H,26,27,28)/t16-/m0/s1. The minimum absolute atomic E-state index is 0.0495. The molecule has 0 bridgehead atoms. The highest BCUT2D eigenvalue weighted by Crippen LogP contribution is 2.43. The van der Waals surface area contributed by atoms with Gasteiger partial charge in [-0.25, -0.2) is 13.8 Å². The number of H-pyrrole nitrogens is 1. The summed E-state index contributed by atoms with van der Waals surface area (Å²) in [6.07, 6.45) is 0.425. The molecule has 0 aliphatic carbocycles. The second kappa shape index (κ2) is 8.43. The summed E-state index contributed by atoms with van der Waals surface area (Å²) in [4.78, 5) is 16.0. The number of aromatic nitrogens is 4. The number of nitrogens with zero attached hydrogens (tertiary/aromatic N) is 3. The van der Waals surface area contributed by atoms with Crippen LogP contribution >= 0.6 is 0 Å². The third-order valence-electron chi connectivity index (χ3n) is 6.09. The Morgan fingerprint density at radius 1 is 1.36 bits per heavy atom. The van der Waals surface area contributed by atoms with Crippen molar-refractivity contribution in [3.63, 3.8) is 0 Å². The summed E-state index contributed by atoms with van der Waals surface area (Å²) in [5.74, 6) is -1.81. The normalized spacial score (nSPS) is 15.8. The van der Waals surface area contributed by atoms with Gasteiger partial charge in [0.25, 0.3) is 0 Å². The maximum atomic E-state index is 15.6. The molecule has 2 N–H and O–H groups in total. The first-order valence-electron chi connectivity index (χ1n) is 10.6. The van der Waals surface area contributed by atoms with Crippen LogP contribution in [0.15, 0.2) is 30.5 Å². The molecule has 3 aromatic heterocycles. The predicted octanol–water partition coefficient (Wildman–Crippen LogP) is 4.43. The molecule has 4 heterocycles. The fourth-order valence-electron chi connectivity index (χ4n) is 4.61. The zero-order valence-corrected chi connectivity index (χ0v) is 17.8. The van der Waals surface area contributed by atoms with Gasteiger partial charge in [0.15, 0.2) is 17.2 Å². The maximum Gasteiger partial charge on any atom is 0.306 e. The quantitative estimate of drug-likeness (QED) is 0.445. The molecule has 1 saturated heterocycles. The highest BCUT2D eigenvalue weighted by molar-refractivity contribution is 5.94. The van der Waals surface area contributed by atoms with Crippen LogP contribution in [-0.2, 0) is 9.53 Å². The highest BCUT2D eigenvalue weighted by Gasteiger charge is 2.33. The van der Waals surface area contributed by atoms with E-state index in [1.54, 1.807) is 18.3 Å². The van der Waals surface area contributed by atoms with Gasteiger partial charge in [0, 0.05) is 47.5 Å². The number of carboxylic acid groups (broad SMARTS) is 1. The number of hydrogen-bond acceptors (Lipinski definition) is 5. The summed E-state index contributed by atoms with van der Waals surface area (Å²) in [6, 6.07) is 6.26. The molecule has 172 valence electrons. The average Bonchev–Trinajstić information content (AvgIpc) is 3.39. The largest absolute Gasteiger partial charge is 0.494 e. The lowest BCUT2D eigenvalue weighted by atomic mass is 9.91. The van der Waals surface area contributed by atoms with Gasteiger partial charge in [-0.2, -0.15) is 5.10 Å². The summed E-state index contributed by atoms with van der Waals surface area (Å²) in [5, 5.41) is 16.8. The summed E-state index contributed by atoms with van der Waals surface area (Å²) in [7, 11) is 1.38. The van der Waals surface area contributed by atoms with E-state index >= 15 is 4.39 Å². The first-order chi connectivity index (χ1) is 16.0. The molecule has 5 rings (SSSR count). The number of benzene rings is 1. The van der Waals surface area contributed by atoms with Gasteiger partial charge < -0.3 is 19.1 Å². The van der Waals surface area contributed by atoms with E-state index in [9.17, 15) is 14.3 Å². The van der Waals surface area contributed by atoms with Crippen molar-refractivity contribution in [3.8, 4) is 11.4 Å². The summed E-state index contributed by atoms with van der Waals surface area (Å²) < 4.78 is 42.4. The zero-order chi connectivity index (χ0) is 23.1. The number of carboxylic acids is 1. The summed E-state index contributed by atoms with van der Waals surface area (Å²) in [5.41, 5.74) is 2.84. The van der Waals surface area contributed by atoms with Gasteiger partial charge in [0.1, 0.15) is 6.17 Å². The predicted molar refractivity (Wildman–Crippen MR) is 116 cm³/mol. The molecule has 0 amide bonds. The van der Waals surface area contributed by atoms with E-state index in [2.05, 4.69) is 15.2 Å². The van der Waals surface area contributed by atoms with Crippen molar-refractivity contribution in [1.82, 2.24) is 19.7 Å². The molecule has 8 nitrogen and oxygen atoms in total. The molecule has 1 aliphatic rings. The lowest BCUT2D eigenvalue weighted by Crippen LogP contribution is -2.19. The fourth-order valence-corrected chi connectivity index (χ4v) is 4.61. The number of nitrogens with one attached hydrogen (secondary N) is 1. The number of aromatic amines is 1. The van der Waals surface area contributed by atoms with Gasteiger partial charge in [0.2, 0.25) is 0 Å². The Labute approximate surface area is 187 Å². The van der Waals surface area contributed by atoms with Gasteiger partial charge in [-0.3, -0.25) is 9.89 Å². The van der Waals surface area contributed by atoms with Gasteiger partial charge in [-0.15, -0.1) is 0 Å². The lowest BCUT2D eigenvalue weighted by Gasteiger charge is -2.26. The van der Waals surface area contributed by atoms with Gasteiger partial charge in [-0.05, 0) is 31.0 Å². The van der Waals surface area contributed by atoms with Crippen LogP contribution in [0.5, 0.6) is 5.75 Å².